The van der Waals surface area contributed by atoms with E-state index in [1.807, 2.05) is 6.92 Å². The first-order valence-electron chi connectivity index (χ1n) is 8.92. The number of hydrogen-bond donors (Lipinski definition) is 3. The van der Waals surface area contributed by atoms with Crippen LogP contribution in [0.3, 0.4) is 0 Å². The van der Waals surface area contributed by atoms with Crippen molar-refractivity contribution in [3.8, 4) is 0 Å². The second-order valence-electron chi connectivity index (χ2n) is 5.83. The Morgan fingerprint density at radius 2 is 1.43 bits per heavy atom. The van der Waals surface area contributed by atoms with E-state index >= 15 is 0 Å². The Kier molecular flexibility index (Phi) is 18.6. The van der Waals surface area contributed by atoms with Crippen molar-refractivity contribution in [3.63, 3.8) is 0 Å². The van der Waals surface area contributed by atoms with Crippen LogP contribution in [0.2, 0.25) is 0 Å². The van der Waals surface area contributed by atoms with Gasteiger partial charge in [0.15, 0.2) is 0 Å². The summed E-state index contributed by atoms with van der Waals surface area (Å²) in [4.78, 5) is 23.4. The van der Waals surface area contributed by atoms with Crippen molar-refractivity contribution in [1.29, 1.82) is 0 Å². The molecular formula is C17H36ClN3O2. The van der Waals surface area contributed by atoms with Gasteiger partial charge in [0.2, 0.25) is 11.8 Å². The Hall–Kier alpha value is -0.810. The molecule has 0 fully saturated rings. The number of likely N-dealkylation sites (N-methyl/N-ethyl adjacent to an activating group) is 1. The van der Waals surface area contributed by atoms with Crippen molar-refractivity contribution in [1.82, 2.24) is 10.6 Å². The highest BCUT2D eigenvalue weighted by Gasteiger charge is 2.17. The minimum Gasteiger partial charge on any atom is -0.355 e. The monoisotopic (exact) mass is 349 g/mol. The van der Waals surface area contributed by atoms with Crippen LogP contribution >= 0.6 is 12.4 Å². The lowest BCUT2D eigenvalue weighted by atomic mass is 10.1. The van der Waals surface area contributed by atoms with Crippen LogP contribution in [0, 0.1) is 0 Å². The van der Waals surface area contributed by atoms with Crippen LogP contribution in [0.1, 0.15) is 78.1 Å². The van der Waals surface area contributed by atoms with Gasteiger partial charge in [-0.25, -0.2) is 0 Å². The summed E-state index contributed by atoms with van der Waals surface area (Å²) < 4.78 is 0. The summed E-state index contributed by atoms with van der Waals surface area (Å²) in [5.74, 6) is -0.282. The van der Waals surface area contributed by atoms with Gasteiger partial charge < -0.3 is 16.4 Å². The van der Waals surface area contributed by atoms with E-state index in [-0.39, 0.29) is 30.8 Å². The van der Waals surface area contributed by atoms with E-state index in [4.69, 9.17) is 5.73 Å². The van der Waals surface area contributed by atoms with Crippen molar-refractivity contribution < 1.29 is 9.59 Å². The number of amides is 2. The number of nitrogens with two attached hydrogens (primary N) is 1. The molecule has 0 bridgehead atoms. The Morgan fingerprint density at radius 3 is 1.91 bits per heavy atom. The van der Waals surface area contributed by atoms with Crippen molar-refractivity contribution in [2.24, 2.45) is 5.73 Å². The number of unbranched alkanes of at least 4 members (excludes halogenated alkanes) is 8. The van der Waals surface area contributed by atoms with Crippen molar-refractivity contribution in [2.75, 3.05) is 13.1 Å². The molecule has 0 rings (SSSR count). The molecule has 1 atom stereocenters. The highest BCUT2D eigenvalue weighted by molar-refractivity contribution is 5.87. The zero-order valence-corrected chi connectivity index (χ0v) is 15.7. The molecule has 0 heterocycles. The molecule has 0 radical (unpaired) electrons. The minimum absolute atomic E-state index is 0. The topological polar surface area (TPSA) is 84.2 Å². The van der Waals surface area contributed by atoms with Gasteiger partial charge in [-0.05, 0) is 13.3 Å². The fourth-order valence-corrected chi connectivity index (χ4v) is 2.39. The van der Waals surface area contributed by atoms with Gasteiger partial charge in [-0.3, -0.25) is 9.59 Å². The molecule has 0 saturated carbocycles. The first kappa shape index (κ1) is 24.4. The average molecular weight is 350 g/mol. The van der Waals surface area contributed by atoms with Gasteiger partial charge in [0.25, 0.3) is 0 Å². The van der Waals surface area contributed by atoms with Crippen LogP contribution in [-0.2, 0) is 9.59 Å². The normalized spacial score (nSPS) is 11.4. The van der Waals surface area contributed by atoms with Crippen LogP contribution < -0.4 is 16.4 Å². The molecule has 6 heteroatoms. The number of carbonyl (C=O) groups is 2. The minimum atomic E-state index is -0.606. The molecule has 5 nitrogen and oxygen atoms in total. The molecule has 0 aromatic heterocycles. The van der Waals surface area contributed by atoms with E-state index in [1.54, 1.807) is 0 Å². The lowest BCUT2D eigenvalue weighted by Gasteiger charge is -2.16. The van der Waals surface area contributed by atoms with Crippen LogP contribution in [0.4, 0.5) is 0 Å². The number of rotatable bonds is 14. The maximum absolute atomic E-state index is 11.8. The van der Waals surface area contributed by atoms with Crippen LogP contribution in [0.5, 0.6) is 0 Å². The average Bonchev–Trinajstić information content (AvgIpc) is 2.51. The summed E-state index contributed by atoms with van der Waals surface area (Å²) in [5, 5.41) is 5.37. The number of carbonyl (C=O) groups excluding carboxylic acids is 2. The molecule has 0 aliphatic heterocycles. The summed E-state index contributed by atoms with van der Waals surface area (Å²) in [6.45, 7) is 4.75. The SMILES string of the molecule is CCCCCCCCCCCC(=O)N[C@@H](CN)C(=O)NCC.Cl. The first-order valence-corrected chi connectivity index (χ1v) is 8.92. The number of nitrogens with one attached hydrogen (secondary N) is 2. The lowest BCUT2D eigenvalue weighted by Crippen LogP contribution is -2.50. The summed E-state index contributed by atoms with van der Waals surface area (Å²) in [7, 11) is 0. The fraction of sp³-hybridized carbons (Fsp3) is 0.882. The van der Waals surface area contributed by atoms with E-state index in [0.29, 0.717) is 13.0 Å². The van der Waals surface area contributed by atoms with Crippen LogP contribution in [0.15, 0.2) is 0 Å². The second kappa shape index (κ2) is 17.5. The molecule has 0 spiro atoms. The molecule has 23 heavy (non-hydrogen) atoms. The molecule has 0 aliphatic carbocycles. The third-order valence-corrected chi connectivity index (χ3v) is 3.75. The predicted octanol–water partition coefficient (Wildman–Crippen LogP) is 2.91. The van der Waals surface area contributed by atoms with E-state index < -0.39 is 6.04 Å². The summed E-state index contributed by atoms with van der Waals surface area (Å²) in [6, 6.07) is -0.606. The van der Waals surface area contributed by atoms with Gasteiger partial charge in [-0.2, -0.15) is 0 Å². The molecular weight excluding hydrogens is 314 g/mol. The molecule has 2 amide bonds. The summed E-state index contributed by atoms with van der Waals surface area (Å²) in [5.41, 5.74) is 5.52. The van der Waals surface area contributed by atoms with Gasteiger partial charge in [-0.1, -0.05) is 58.3 Å². The summed E-state index contributed by atoms with van der Waals surface area (Å²) >= 11 is 0. The van der Waals surface area contributed by atoms with Crippen LogP contribution in [-0.4, -0.2) is 30.9 Å². The molecule has 0 saturated heterocycles. The second-order valence-corrected chi connectivity index (χ2v) is 5.83. The van der Waals surface area contributed by atoms with Crippen molar-refractivity contribution in [3.05, 3.63) is 0 Å². The Morgan fingerprint density at radius 1 is 0.913 bits per heavy atom. The van der Waals surface area contributed by atoms with E-state index in [1.165, 1.54) is 44.9 Å². The van der Waals surface area contributed by atoms with Gasteiger partial charge in [0.05, 0.1) is 0 Å². The molecule has 0 unspecified atom stereocenters. The smallest absolute Gasteiger partial charge is 0.243 e. The Labute approximate surface area is 147 Å². The molecule has 0 aromatic carbocycles. The third kappa shape index (κ3) is 14.5. The van der Waals surface area contributed by atoms with Gasteiger partial charge in [0.1, 0.15) is 6.04 Å². The van der Waals surface area contributed by atoms with Crippen molar-refractivity contribution in [2.45, 2.75) is 84.1 Å². The highest BCUT2D eigenvalue weighted by atomic mass is 35.5. The van der Waals surface area contributed by atoms with E-state index in [2.05, 4.69) is 17.6 Å². The largest absolute Gasteiger partial charge is 0.355 e. The quantitative estimate of drug-likeness (QED) is 0.421. The zero-order valence-electron chi connectivity index (χ0n) is 14.9. The Balaban J connectivity index is 0. The molecule has 0 aromatic rings. The van der Waals surface area contributed by atoms with Crippen molar-refractivity contribution >= 4 is 24.2 Å². The van der Waals surface area contributed by atoms with E-state index in [9.17, 15) is 9.59 Å². The zero-order chi connectivity index (χ0) is 16.6. The maximum Gasteiger partial charge on any atom is 0.243 e. The first-order chi connectivity index (χ1) is 10.7. The molecule has 138 valence electrons. The van der Waals surface area contributed by atoms with Gasteiger partial charge in [0, 0.05) is 19.5 Å². The fourth-order valence-electron chi connectivity index (χ4n) is 2.39. The molecule has 0 aliphatic rings. The number of halogens is 1. The Bertz CT molecular complexity index is 302. The van der Waals surface area contributed by atoms with Gasteiger partial charge in [-0.15, -0.1) is 12.4 Å². The predicted molar refractivity (Wildman–Crippen MR) is 98.8 cm³/mol. The highest BCUT2D eigenvalue weighted by Crippen LogP contribution is 2.10. The van der Waals surface area contributed by atoms with Crippen LogP contribution in [0.25, 0.3) is 0 Å². The van der Waals surface area contributed by atoms with E-state index in [0.717, 1.165) is 12.8 Å². The third-order valence-electron chi connectivity index (χ3n) is 3.75. The molecule has 4 N–H and O–H groups in total. The van der Waals surface area contributed by atoms with Gasteiger partial charge >= 0.3 is 0 Å². The summed E-state index contributed by atoms with van der Waals surface area (Å²) in [6.07, 6.45) is 11.5. The standard InChI is InChI=1S/C17H35N3O2.ClH/c1-3-5-6-7-8-9-10-11-12-13-16(21)20-15(14-18)17(22)19-4-2;/h15H,3-14,18H2,1-2H3,(H,19,22)(H,20,21);1H/t15-;/m0./s1. The number of hydrogen-bond acceptors (Lipinski definition) is 3. The lowest BCUT2D eigenvalue weighted by molar-refractivity contribution is -0.128. The maximum atomic E-state index is 11.8.